The Bertz CT molecular complexity index is 554. The van der Waals surface area contributed by atoms with Crippen molar-refractivity contribution in [2.45, 2.75) is 26.3 Å². The first kappa shape index (κ1) is 15.2. The van der Waals surface area contributed by atoms with Gasteiger partial charge in [0.1, 0.15) is 12.0 Å². The Labute approximate surface area is 124 Å². The van der Waals surface area contributed by atoms with Gasteiger partial charge in [0.25, 0.3) is 5.91 Å². The van der Waals surface area contributed by atoms with Gasteiger partial charge in [-0.2, -0.15) is 0 Å². The lowest BCUT2D eigenvalue weighted by Gasteiger charge is -2.21. The number of benzene rings is 1. The highest BCUT2D eigenvalue weighted by molar-refractivity contribution is 6.11. The number of hydrogen-bond acceptors (Lipinski definition) is 3. The molecule has 0 bridgehead atoms. The van der Waals surface area contributed by atoms with Crippen LogP contribution in [0.2, 0.25) is 0 Å². The van der Waals surface area contributed by atoms with Crippen LogP contribution in [0.15, 0.2) is 30.3 Å². The molecule has 1 N–H and O–H groups in total. The highest BCUT2D eigenvalue weighted by Crippen LogP contribution is 2.18. The molecular weight excluding hydrogens is 268 g/mol. The molecule has 0 radical (unpaired) electrons. The number of carbonyl (C=O) groups excluding carboxylic acids is 3. The number of rotatable bonds is 3. The smallest absolute Gasteiger partial charge is 0.251 e. The van der Waals surface area contributed by atoms with Crippen LogP contribution in [0.5, 0.6) is 0 Å². The minimum absolute atomic E-state index is 0.0628. The summed E-state index contributed by atoms with van der Waals surface area (Å²) in [4.78, 5) is 38.0. The maximum Gasteiger partial charge on any atom is 0.251 e. The minimum Gasteiger partial charge on any atom is -0.343 e. The zero-order chi connectivity index (χ0) is 15.6. The van der Waals surface area contributed by atoms with E-state index in [0.29, 0.717) is 6.42 Å². The van der Waals surface area contributed by atoms with Crippen LogP contribution in [0.1, 0.15) is 19.4 Å². The number of likely N-dealkylation sites (N-methyl/N-ethyl adjacent to an activating group) is 1. The molecule has 1 aliphatic heterocycles. The van der Waals surface area contributed by atoms with Crippen LogP contribution < -0.4 is 5.32 Å². The maximum atomic E-state index is 12.4. The number of carbonyl (C=O) groups is 3. The second kappa shape index (κ2) is 6.08. The van der Waals surface area contributed by atoms with Gasteiger partial charge in [0.05, 0.1) is 0 Å². The number of hydrogen-bond donors (Lipinski definition) is 1. The molecule has 2 unspecified atom stereocenters. The minimum atomic E-state index is -0.856. The van der Waals surface area contributed by atoms with E-state index in [0.717, 1.165) is 10.5 Å². The first-order valence-corrected chi connectivity index (χ1v) is 7.07. The Kier molecular flexibility index (Phi) is 4.40. The molecule has 5 heteroatoms. The van der Waals surface area contributed by atoms with Crippen molar-refractivity contribution < 1.29 is 14.4 Å². The molecule has 1 heterocycles. The van der Waals surface area contributed by atoms with Gasteiger partial charge in [0.15, 0.2) is 0 Å². The fourth-order valence-corrected chi connectivity index (χ4v) is 2.46. The van der Waals surface area contributed by atoms with Crippen molar-refractivity contribution in [1.29, 1.82) is 0 Å². The van der Waals surface area contributed by atoms with Crippen LogP contribution in [0.4, 0.5) is 0 Å². The van der Waals surface area contributed by atoms with Crippen LogP contribution in [-0.4, -0.2) is 35.7 Å². The van der Waals surface area contributed by atoms with Crippen molar-refractivity contribution in [2.24, 2.45) is 11.8 Å². The van der Waals surface area contributed by atoms with E-state index in [-0.39, 0.29) is 17.7 Å². The molecule has 0 aromatic heterocycles. The molecule has 0 saturated carbocycles. The van der Waals surface area contributed by atoms with Gasteiger partial charge in [-0.05, 0) is 17.9 Å². The predicted octanol–water partition coefficient (Wildman–Crippen LogP) is 0.985. The molecule has 0 spiro atoms. The normalized spacial score (nSPS) is 23.2. The molecule has 1 aromatic carbocycles. The lowest BCUT2D eigenvalue weighted by Crippen LogP contribution is -2.47. The summed E-state index contributed by atoms with van der Waals surface area (Å²) in [5.41, 5.74) is 0.898. The summed E-state index contributed by atoms with van der Waals surface area (Å²) in [5, 5.41) is 2.71. The van der Waals surface area contributed by atoms with Gasteiger partial charge in [-0.3, -0.25) is 19.3 Å². The fourth-order valence-electron chi connectivity index (χ4n) is 2.46. The first-order chi connectivity index (χ1) is 9.91. The van der Waals surface area contributed by atoms with E-state index >= 15 is 0 Å². The second-order valence-corrected chi connectivity index (χ2v) is 5.71. The van der Waals surface area contributed by atoms with Gasteiger partial charge >= 0.3 is 0 Å². The van der Waals surface area contributed by atoms with E-state index in [4.69, 9.17) is 0 Å². The first-order valence-electron chi connectivity index (χ1n) is 7.07. The lowest BCUT2D eigenvalue weighted by atomic mass is 9.97. The number of amides is 3. The van der Waals surface area contributed by atoms with Gasteiger partial charge in [-0.25, -0.2) is 0 Å². The average Bonchev–Trinajstić information content (AvgIpc) is 2.54. The maximum absolute atomic E-state index is 12.4. The number of nitrogens with zero attached hydrogens (tertiary/aromatic N) is 1. The summed E-state index contributed by atoms with van der Waals surface area (Å²) in [5.74, 6) is -2.08. The standard InChI is InChI=1S/C16H20N2O3/c1-10(2)13-16(21)18(3)15(20)12(14(19)17-13)9-11-7-5-4-6-8-11/h4-8,10,12-13H,9H2,1-3H3,(H,17,19). The average molecular weight is 288 g/mol. The van der Waals surface area contributed by atoms with Gasteiger partial charge < -0.3 is 5.32 Å². The van der Waals surface area contributed by atoms with Crippen LogP contribution in [0.3, 0.4) is 0 Å². The summed E-state index contributed by atoms with van der Waals surface area (Å²) in [7, 11) is 1.44. The Morgan fingerprint density at radius 2 is 1.71 bits per heavy atom. The van der Waals surface area contributed by atoms with Crippen LogP contribution >= 0.6 is 0 Å². The third-order valence-electron chi connectivity index (χ3n) is 3.79. The van der Waals surface area contributed by atoms with Crippen molar-refractivity contribution in [3.63, 3.8) is 0 Å². The van der Waals surface area contributed by atoms with Crippen molar-refractivity contribution >= 4 is 17.7 Å². The molecular formula is C16H20N2O3. The molecule has 1 aromatic rings. The van der Waals surface area contributed by atoms with Gasteiger partial charge in [0.2, 0.25) is 11.8 Å². The van der Waals surface area contributed by atoms with E-state index in [9.17, 15) is 14.4 Å². The summed E-state index contributed by atoms with van der Waals surface area (Å²) >= 11 is 0. The van der Waals surface area contributed by atoms with Crippen LogP contribution in [0.25, 0.3) is 0 Å². The third kappa shape index (κ3) is 3.12. The largest absolute Gasteiger partial charge is 0.343 e. The second-order valence-electron chi connectivity index (χ2n) is 5.71. The molecule has 1 saturated heterocycles. The zero-order valence-corrected chi connectivity index (χ0v) is 12.5. The van der Waals surface area contributed by atoms with Crippen LogP contribution in [0, 0.1) is 11.8 Å². The van der Waals surface area contributed by atoms with Crippen molar-refractivity contribution in [3.8, 4) is 0 Å². The lowest BCUT2D eigenvalue weighted by molar-refractivity contribution is -0.146. The topological polar surface area (TPSA) is 66.5 Å². The van der Waals surface area contributed by atoms with Crippen molar-refractivity contribution in [2.75, 3.05) is 7.05 Å². The molecule has 0 aliphatic carbocycles. The molecule has 2 rings (SSSR count). The van der Waals surface area contributed by atoms with Crippen LogP contribution in [-0.2, 0) is 20.8 Å². The Hall–Kier alpha value is -2.17. The summed E-state index contributed by atoms with van der Waals surface area (Å²) in [6.45, 7) is 3.69. The molecule has 2 atom stereocenters. The monoisotopic (exact) mass is 288 g/mol. The van der Waals surface area contributed by atoms with E-state index in [1.165, 1.54) is 7.05 Å². The predicted molar refractivity (Wildman–Crippen MR) is 78.2 cm³/mol. The van der Waals surface area contributed by atoms with Crippen molar-refractivity contribution in [1.82, 2.24) is 10.2 Å². The Morgan fingerprint density at radius 3 is 2.29 bits per heavy atom. The summed E-state index contributed by atoms with van der Waals surface area (Å²) < 4.78 is 0. The quantitative estimate of drug-likeness (QED) is 0.666. The summed E-state index contributed by atoms with van der Waals surface area (Å²) in [6, 6.07) is 8.69. The molecule has 1 aliphatic rings. The van der Waals surface area contributed by atoms with E-state index in [1.807, 2.05) is 44.2 Å². The van der Waals surface area contributed by atoms with Gasteiger partial charge in [0, 0.05) is 7.05 Å². The molecule has 3 amide bonds. The van der Waals surface area contributed by atoms with E-state index < -0.39 is 17.9 Å². The SMILES string of the molecule is CC(C)C1NC(=O)C(Cc2ccccc2)C(=O)N(C)C1=O. The Morgan fingerprint density at radius 1 is 1.10 bits per heavy atom. The highest BCUT2D eigenvalue weighted by Gasteiger charge is 2.40. The number of imide groups is 1. The van der Waals surface area contributed by atoms with Crippen molar-refractivity contribution in [3.05, 3.63) is 35.9 Å². The van der Waals surface area contributed by atoms with Gasteiger partial charge in [-0.15, -0.1) is 0 Å². The molecule has 1 fully saturated rings. The number of nitrogens with one attached hydrogen (secondary N) is 1. The molecule has 21 heavy (non-hydrogen) atoms. The molecule has 5 nitrogen and oxygen atoms in total. The third-order valence-corrected chi connectivity index (χ3v) is 3.79. The van der Waals surface area contributed by atoms with E-state index in [2.05, 4.69) is 5.32 Å². The van der Waals surface area contributed by atoms with E-state index in [1.54, 1.807) is 0 Å². The fraction of sp³-hybridized carbons (Fsp3) is 0.438. The highest BCUT2D eigenvalue weighted by atomic mass is 16.2. The zero-order valence-electron chi connectivity index (χ0n) is 12.5. The molecule has 112 valence electrons. The van der Waals surface area contributed by atoms with Gasteiger partial charge in [-0.1, -0.05) is 44.2 Å². The Balaban J connectivity index is 2.27. The summed E-state index contributed by atoms with van der Waals surface area (Å²) in [6.07, 6.45) is 0.300.